The predicted octanol–water partition coefficient (Wildman–Crippen LogP) is 2.57. The SMILES string of the molecule is C=C/C(C)=C(\N=CC)[C@H](C)OC. The van der Waals surface area contributed by atoms with E-state index < -0.39 is 0 Å². The zero-order valence-electron chi connectivity index (χ0n) is 8.29. The summed E-state index contributed by atoms with van der Waals surface area (Å²) in [6.45, 7) is 9.53. The Morgan fingerprint density at radius 2 is 2.17 bits per heavy atom. The van der Waals surface area contributed by atoms with Gasteiger partial charge in [0.2, 0.25) is 0 Å². The molecule has 0 spiro atoms. The fraction of sp³-hybridized carbons (Fsp3) is 0.500. The quantitative estimate of drug-likeness (QED) is 0.466. The summed E-state index contributed by atoms with van der Waals surface area (Å²) >= 11 is 0. The van der Waals surface area contributed by atoms with E-state index in [0.717, 1.165) is 11.3 Å². The molecule has 0 aromatic rings. The van der Waals surface area contributed by atoms with Crippen LogP contribution in [-0.4, -0.2) is 19.4 Å². The smallest absolute Gasteiger partial charge is 0.0965 e. The lowest BCUT2D eigenvalue weighted by Gasteiger charge is -2.11. The second-order valence-electron chi connectivity index (χ2n) is 2.54. The molecule has 1 atom stereocenters. The molecule has 0 aliphatic heterocycles. The lowest BCUT2D eigenvalue weighted by Crippen LogP contribution is -2.08. The van der Waals surface area contributed by atoms with Crippen LogP contribution in [0.5, 0.6) is 0 Å². The van der Waals surface area contributed by atoms with Crippen LogP contribution in [-0.2, 0) is 4.74 Å². The van der Waals surface area contributed by atoms with E-state index in [4.69, 9.17) is 4.74 Å². The van der Waals surface area contributed by atoms with E-state index in [0.29, 0.717) is 0 Å². The highest BCUT2D eigenvalue weighted by atomic mass is 16.5. The van der Waals surface area contributed by atoms with Crippen molar-refractivity contribution in [1.29, 1.82) is 0 Å². The summed E-state index contributed by atoms with van der Waals surface area (Å²) in [5, 5.41) is 0. The minimum absolute atomic E-state index is 0.0270. The summed E-state index contributed by atoms with van der Waals surface area (Å²) in [5.74, 6) is 0. The van der Waals surface area contributed by atoms with Gasteiger partial charge in [-0.05, 0) is 26.3 Å². The van der Waals surface area contributed by atoms with E-state index in [1.165, 1.54) is 0 Å². The van der Waals surface area contributed by atoms with E-state index in [1.807, 2.05) is 20.8 Å². The van der Waals surface area contributed by atoms with Crippen LogP contribution in [0.4, 0.5) is 0 Å². The standard InChI is InChI=1S/C10H17NO/c1-6-8(3)10(11-7-2)9(4)12-5/h6-7,9H,1H2,2-5H3/b10-8-,11-7?/t9-/m0/s1. The van der Waals surface area contributed by atoms with E-state index in [1.54, 1.807) is 19.4 Å². The fourth-order valence-corrected chi connectivity index (χ4v) is 0.883. The molecule has 0 unspecified atom stereocenters. The topological polar surface area (TPSA) is 21.6 Å². The molecule has 0 fully saturated rings. The number of hydrogen-bond donors (Lipinski definition) is 0. The summed E-state index contributed by atoms with van der Waals surface area (Å²) < 4.78 is 5.17. The van der Waals surface area contributed by atoms with Crippen molar-refractivity contribution in [3.05, 3.63) is 23.9 Å². The van der Waals surface area contributed by atoms with Gasteiger partial charge in [-0.1, -0.05) is 12.7 Å². The molecule has 0 heterocycles. The molecule has 12 heavy (non-hydrogen) atoms. The minimum Gasteiger partial charge on any atom is -0.375 e. The molecule has 2 heteroatoms. The highest BCUT2D eigenvalue weighted by molar-refractivity contribution is 5.56. The van der Waals surface area contributed by atoms with Crippen LogP contribution in [0.3, 0.4) is 0 Å². The van der Waals surface area contributed by atoms with Gasteiger partial charge >= 0.3 is 0 Å². The zero-order valence-corrected chi connectivity index (χ0v) is 8.29. The fourth-order valence-electron chi connectivity index (χ4n) is 0.883. The van der Waals surface area contributed by atoms with Crippen molar-refractivity contribution in [1.82, 2.24) is 0 Å². The van der Waals surface area contributed by atoms with E-state index >= 15 is 0 Å². The Kier molecular flexibility index (Phi) is 5.30. The van der Waals surface area contributed by atoms with Crippen molar-refractivity contribution >= 4 is 6.21 Å². The van der Waals surface area contributed by atoms with Crippen LogP contribution in [0.1, 0.15) is 20.8 Å². The van der Waals surface area contributed by atoms with Gasteiger partial charge in [0.1, 0.15) is 0 Å². The van der Waals surface area contributed by atoms with E-state index in [-0.39, 0.29) is 6.10 Å². The Morgan fingerprint density at radius 3 is 2.50 bits per heavy atom. The normalized spacial score (nSPS) is 16.0. The van der Waals surface area contributed by atoms with Gasteiger partial charge in [0.25, 0.3) is 0 Å². The van der Waals surface area contributed by atoms with E-state index in [9.17, 15) is 0 Å². The molecule has 0 N–H and O–H groups in total. The Bertz CT molecular complexity index is 204. The number of methoxy groups -OCH3 is 1. The molecule has 0 aliphatic rings. The third kappa shape index (κ3) is 3.01. The Balaban J connectivity index is 4.76. The summed E-state index contributed by atoms with van der Waals surface area (Å²) in [4.78, 5) is 4.22. The minimum atomic E-state index is 0.0270. The Labute approximate surface area is 74.7 Å². The van der Waals surface area contributed by atoms with Crippen molar-refractivity contribution in [2.45, 2.75) is 26.9 Å². The van der Waals surface area contributed by atoms with Gasteiger partial charge in [-0.15, -0.1) is 0 Å². The second-order valence-corrected chi connectivity index (χ2v) is 2.54. The molecule has 0 amide bonds. The Hall–Kier alpha value is -0.890. The molecule has 0 aromatic carbocycles. The number of aliphatic imine (C=N–C) groups is 1. The summed E-state index contributed by atoms with van der Waals surface area (Å²) in [7, 11) is 1.67. The van der Waals surface area contributed by atoms with Crippen LogP contribution in [0.15, 0.2) is 28.9 Å². The first-order valence-corrected chi connectivity index (χ1v) is 4.02. The first-order valence-electron chi connectivity index (χ1n) is 4.02. The predicted molar refractivity (Wildman–Crippen MR) is 53.5 cm³/mol. The van der Waals surface area contributed by atoms with Crippen LogP contribution in [0, 0.1) is 0 Å². The maximum atomic E-state index is 5.17. The third-order valence-corrected chi connectivity index (χ3v) is 1.72. The van der Waals surface area contributed by atoms with Crippen molar-refractivity contribution in [2.75, 3.05) is 7.11 Å². The Morgan fingerprint density at radius 1 is 1.58 bits per heavy atom. The molecule has 0 aromatic heterocycles. The van der Waals surface area contributed by atoms with Crippen LogP contribution in [0.25, 0.3) is 0 Å². The molecule has 68 valence electrons. The summed E-state index contributed by atoms with van der Waals surface area (Å²) in [6, 6.07) is 0. The zero-order chi connectivity index (χ0) is 9.56. The van der Waals surface area contributed by atoms with Crippen molar-refractivity contribution in [3.63, 3.8) is 0 Å². The van der Waals surface area contributed by atoms with Gasteiger partial charge in [-0.25, -0.2) is 0 Å². The number of allylic oxidation sites excluding steroid dienone is 2. The first-order chi connectivity index (χ1) is 5.67. The average Bonchev–Trinajstić information content (AvgIpc) is 2.11. The van der Waals surface area contributed by atoms with Gasteiger partial charge in [0.05, 0.1) is 11.8 Å². The monoisotopic (exact) mass is 167 g/mol. The van der Waals surface area contributed by atoms with Crippen LogP contribution < -0.4 is 0 Å². The van der Waals surface area contributed by atoms with Gasteiger partial charge in [-0.3, -0.25) is 4.99 Å². The number of nitrogens with zero attached hydrogens (tertiary/aromatic N) is 1. The molecular weight excluding hydrogens is 150 g/mol. The molecule has 0 bridgehead atoms. The maximum absolute atomic E-state index is 5.17. The average molecular weight is 167 g/mol. The molecule has 0 rings (SSSR count). The maximum Gasteiger partial charge on any atom is 0.0965 e. The number of rotatable bonds is 4. The highest BCUT2D eigenvalue weighted by Crippen LogP contribution is 2.13. The molecule has 2 nitrogen and oxygen atoms in total. The number of hydrogen-bond acceptors (Lipinski definition) is 2. The van der Waals surface area contributed by atoms with Gasteiger partial charge in [0.15, 0.2) is 0 Å². The van der Waals surface area contributed by atoms with Gasteiger partial charge < -0.3 is 4.74 Å². The van der Waals surface area contributed by atoms with Crippen LogP contribution in [0.2, 0.25) is 0 Å². The van der Waals surface area contributed by atoms with Gasteiger partial charge in [0, 0.05) is 13.3 Å². The largest absolute Gasteiger partial charge is 0.375 e. The third-order valence-electron chi connectivity index (χ3n) is 1.72. The van der Waals surface area contributed by atoms with E-state index in [2.05, 4.69) is 11.6 Å². The van der Waals surface area contributed by atoms with Crippen molar-refractivity contribution in [3.8, 4) is 0 Å². The van der Waals surface area contributed by atoms with Gasteiger partial charge in [-0.2, -0.15) is 0 Å². The molecule has 0 radical (unpaired) electrons. The van der Waals surface area contributed by atoms with Crippen molar-refractivity contribution in [2.24, 2.45) is 4.99 Å². The number of ether oxygens (including phenoxy) is 1. The lowest BCUT2D eigenvalue weighted by molar-refractivity contribution is 0.145. The highest BCUT2D eigenvalue weighted by Gasteiger charge is 2.07. The molecule has 0 aliphatic carbocycles. The molecular formula is C10H17NO. The van der Waals surface area contributed by atoms with Crippen LogP contribution >= 0.6 is 0 Å². The molecule has 0 saturated heterocycles. The summed E-state index contributed by atoms with van der Waals surface area (Å²) in [6.07, 6.45) is 3.58. The summed E-state index contributed by atoms with van der Waals surface area (Å²) in [5.41, 5.74) is 2.00. The first kappa shape index (κ1) is 11.1. The van der Waals surface area contributed by atoms with Crippen molar-refractivity contribution < 1.29 is 4.74 Å². The lowest BCUT2D eigenvalue weighted by atomic mass is 10.1. The molecule has 0 saturated carbocycles. The second kappa shape index (κ2) is 5.72.